The molecule has 0 aliphatic carbocycles. The number of carboxylic acids is 1. The molecule has 0 fully saturated rings. The molecule has 0 spiro atoms. The molecule has 11 heteroatoms. The molecule has 0 amide bonds. The molecular formula is C24H21N5O5S. The lowest BCUT2D eigenvalue weighted by molar-refractivity contribution is -0.138. The summed E-state index contributed by atoms with van der Waals surface area (Å²) in [6.45, 7) is 1.48. The van der Waals surface area contributed by atoms with Crippen molar-refractivity contribution in [3.8, 4) is 17.1 Å². The van der Waals surface area contributed by atoms with E-state index in [-0.39, 0.29) is 22.9 Å². The summed E-state index contributed by atoms with van der Waals surface area (Å²) in [5, 5.41) is 21.8. The summed E-state index contributed by atoms with van der Waals surface area (Å²) in [6.07, 6.45) is 0.00784. The number of benzene rings is 3. The van der Waals surface area contributed by atoms with Crippen LogP contribution in [0.3, 0.4) is 0 Å². The van der Waals surface area contributed by atoms with E-state index in [1.165, 1.54) is 36.0 Å². The molecule has 1 heterocycles. The van der Waals surface area contributed by atoms with Crippen LogP contribution in [-0.2, 0) is 21.2 Å². The number of tetrazole rings is 1. The molecule has 4 aromatic rings. The molecule has 2 N–H and O–H groups in total. The van der Waals surface area contributed by atoms with Gasteiger partial charge in [0.1, 0.15) is 6.04 Å². The summed E-state index contributed by atoms with van der Waals surface area (Å²) in [5.74, 6) is -1.06. The fourth-order valence-corrected chi connectivity index (χ4v) is 4.53. The zero-order valence-electron chi connectivity index (χ0n) is 18.6. The lowest BCUT2D eigenvalue weighted by Crippen LogP contribution is -2.42. The van der Waals surface area contributed by atoms with Gasteiger partial charge >= 0.3 is 5.97 Å². The van der Waals surface area contributed by atoms with Crippen LogP contribution < -0.4 is 4.72 Å². The van der Waals surface area contributed by atoms with E-state index in [0.29, 0.717) is 22.4 Å². The van der Waals surface area contributed by atoms with Crippen molar-refractivity contribution in [3.05, 3.63) is 90.0 Å². The monoisotopic (exact) mass is 491 g/mol. The minimum atomic E-state index is -4.09. The van der Waals surface area contributed by atoms with Crippen molar-refractivity contribution in [2.24, 2.45) is 0 Å². The number of Topliss-reactive ketones (excluding diaryl/α,β-unsaturated/α-hetero) is 1. The molecule has 10 nitrogen and oxygen atoms in total. The molecule has 1 aromatic heterocycles. The minimum Gasteiger partial charge on any atom is -0.480 e. The number of nitrogens with one attached hydrogen (secondary N) is 1. The van der Waals surface area contributed by atoms with Crippen LogP contribution in [0.5, 0.6) is 0 Å². The number of hydrogen-bond donors (Lipinski definition) is 2. The second-order valence-corrected chi connectivity index (χ2v) is 9.45. The Balaban J connectivity index is 1.50. The van der Waals surface area contributed by atoms with Crippen LogP contribution in [0.15, 0.2) is 83.8 Å². The fraction of sp³-hybridized carbons (Fsp3) is 0.125. The van der Waals surface area contributed by atoms with E-state index >= 15 is 0 Å². The van der Waals surface area contributed by atoms with E-state index in [1.807, 2.05) is 0 Å². The number of sulfonamides is 1. The van der Waals surface area contributed by atoms with Gasteiger partial charge in [-0.25, -0.2) is 8.42 Å². The number of rotatable bonds is 9. The van der Waals surface area contributed by atoms with Gasteiger partial charge in [-0.1, -0.05) is 30.3 Å². The van der Waals surface area contributed by atoms with Gasteiger partial charge in [0, 0.05) is 11.1 Å². The van der Waals surface area contributed by atoms with Crippen molar-refractivity contribution in [1.82, 2.24) is 24.9 Å². The summed E-state index contributed by atoms with van der Waals surface area (Å²) in [7, 11) is -4.09. The van der Waals surface area contributed by atoms with Crippen molar-refractivity contribution in [2.75, 3.05) is 0 Å². The standard InChI is InChI=1S/C24H21N5O5S/c1-16(30)18-7-11-20(12-8-18)29-26-23(25-28-29)19-9-13-21(14-10-19)35(33,34)27-22(24(31)32)15-17-5-3-2-4-6-17/h2-14,22,27H,15H2,1H3,(H,31,32). The predicted molar refractivity (Wildman–Crippen MR) is 126 cm³/mol. The number of carbonyl (C=O) groups excluding carboxylic acids is 1. The third-order valence-corrected chi connectivity index (χ3v) is 6.71. The smallest absolute Gasteiger partial charge is 0.322 e. The third kappa shape index (κ3) is 5.65. The predicted octanol–water partition coefficient (Wildman–Crippen LogP) is 2.51. The molecule has 1 unspecified atom stereocenters. The summed E-state index contributed by atoms with van der Waals surface area (Å²) in [4.78, 5) is 24.3. The van der Waals surface area contributed by atoms with Gasteiger partial charge in [0.05, 0.1) is 10.6 Å². The van der Waals surface area contributed by atoms with Crippen molar-refractivity contribution >= 4 is 21.8 Å². The first-order chi connectivity index (χ1) is 16.7. The van der Waals surface area contributed by atoms with Crippen LogP contribution in [-0.4, -0.2) is 51.5 Å². The van der Waals surface area contributed by atoms with E-state index in [2.05, 4.69) is 20.1 Å². The SMILES string of the molecule is CC(=O)c1ccc(-n2nnc(-c3ccc(S(=O)(=O)NC(Cc4ccccc4)C(=O)O)cc3)n2)cc1. The molecule has 0 aliphatic rings. The highest BCUT2D eigenvalue weighted by Crippen LogP contribution is 2.19. The first-order valence-corrected chi connectivity index (χ1v) is 12.0. The number of nitrogens with zero attached hydrogens (tertiary/aromatic N) is 4. The van der Waals surface area contributed by atoms with Crippen molar-refractivity contribution in [1.29, 1.82) is 0 Å². The maximum absolute atomic E-state index is 12.8. The highest BCUT2D eigenvalue weighted by molar-refractivity contribution is 7.89. The molecule has 178 valence electrons. The summed E-state index contributed by atoms with van der Waals surface area (Å²) < 4.78 is 27.9. The van der Waals surface area contributed by atoms with E-state index in [9.17, 15) is 23.1 Å². The van der Waals surface area contributed by atoms with Gasteiger partial charge in [-0.3, -0.25) is 9.59 Å². The lowest BCUT2D eigenvalue weighted by Gasteiger charge is -2.15. The second kappa shape index (κ2) is 9.95. The number of carbonyl (C=O) groups is 2. The van der Waals surface area contributed by atoms with Gasteiger partial charge in [-0.2, -0.15) is 4.72 Å². The Bertz CT molecular complexity index is 1450. The zero-order valence-corrected chi connectivity index (χ0v) is 19.4. The summed E-state index contributed by atoms with van der Waals surface area (Å²) >= 11 is 0. The van der Waals surface area contributed by atoms with Crippen molar-refractivity contribution < 1.29 is 23.1 Å². The highest BCUT2D eigenvalue weighted by Gasteiger charge is 2.26. The van der Waals surface area contributed by atoms with Crippen LogP contribution >= 0.6 is 0 Å². The highest BCUT2D eigenvalue weighted by atomic mass is 32.2. The quantitative estimate of drug-likeness (QED) is 0.340. The molecule has 0 bridgehead atoms. The Morgan fingerprint density at radius 3 is 2.23 bits per heavy atom. The van der Waals surface area contributed by atoms with E-state index in [4.69, 9.17) is 0 Å². The number of aliphatic carboxylic acids is 1. The van der Waals surface area contributed by atoms with Gasteiger partial charge in [0.25, 0.3) is 0 Å². The molecule has 0 saturated heterocycles. The summed E-state index contributed by atoms with van der Waals surface area (Å²) in [6, 6.07) is 19.9. The van der Waals surface area contributed by atoms with Crippen LogP contribution in [0.2, 0.25) is 0 Å². The van der Waals surface area contributed by atoms with Gasteiger partial charge in [-0.15, -0.1) is 15.0 Å². The fourth-order valence-electron chi connectivity index (χ4n) is 3.34. The van der Waals surface area contributed by atoms with Crippen LogP contribution in [0.1, 0.15) is 22.8 Å². The van der Waals surface area contributed by atoms with Crippen LogP contribution in [0, 0.1) is 0 Å². The van der Waals surface area contributed by atoms with Crippen molar-refractivity contribution in [3.63, 3.8) is 0 Å². The summed E-state index contributed by atoms with van der Waals surface area (Å²) in [5.41, 5.74) is 2.39. The number of ketones is 1. The maximum Gasteiger partial charge on any atom is 0.322 e. The van der Waals surface area contributed by atoms with Gasteiger partial charge < -0.3 is 5.11 Å². The topological polar surface area (TPSA) is 144 Å². The largest absolute Gasteiger partial charge is 0.480 e. The number of aromatic nitrogens is 4. The zero-order chi connectivity index (χ0) is 25.0. The minimum absolute atomic E-state index is 0.00784. The van der Waals surface area contributed by atoms with Gasteiger partial charge in [-0.05, 0) is 72.7 Å². The third-order valence-electron chi connectivity index (χ3n) is 5.22. The molecule has 0 radical (unpaired) electrons. The first kappa shape index (κ1) is 23.9. The van der Waals surface area contributed by atoms with E-state index in [0.717, 1.165) is 0 Å². The average molecular weight is 492 g/mol. The van der Waals surface area contributed by atoms with Crippen molar-refractivity contribution in [2.45, 2.75) is 24.3 Å². The molecule has 4 rings (SSSR count). The molecule has 3 aromatic carbocycles. The van der Waals surface area contributed by atoms with E-state index in [1.54, 1.807) is 54.6 Å². The first-order valence-electron chi connectivity index (χ1n) is 10.5. The van der Waals surface area contributed by atoms with Crippen LogP contribution in [0.4, 0.5) is 0 Å². The molecule has 35 heavy (non-hydrogen) atoms. The molecule has 1 atom stereocenters. The van der Waals surface area contributed by atoms with Gasteiger partial charge in [0.2, 0.25) is 15.8 Å². The Kier molecular flexibility index (Phi) is 6.80. The van der Waals surface area contributed by atoms with Crippen LogP contribution in [0.25, 0.3) is 17.1 Å². The second-order valence-electron chi connectivity index (χ2n) is 7.73. The Hall–Kier alpha value is -4.22. The Labute approximate surface area is 201 Å². The van der Waals surface area contributed by atoms with E-state index < -0.39 is 22.0 Å². The average Bonchev–Trinajstić information content (AvgIpc) is 3.35. The Morgan fingerprint density at radius 1 is 0.971 bits per heavy atom. The number of carboxylic acid groups (broad SMARTS) is 1. The molecule has 0 saturated carbocycles. The van der Waals surface area contributed by atoms with Gasteiger partial charge in [0.15, 0.2) is 5.78 Å². The molecular weight excluding hydrogens is 470 g/mol. The lowest BCUT2D eigenvalue weighted by atomic mass is 10.1. The normalized spacial score (nSPS) is 12.3. The number of hydrogen-bond acceptors (Lipinski definition) is 7. The molecule has 0 aliphatic heterocycles. The Morgan fingerprint density at radius 2 is 1.63 bits per heavy atom. The maximum atomic E-state index is 12.8.